The van der Waals surface area contributed by atoms with E-state index in [-0.39, 0.29) is 16.2 Å². The predicted octanol–water partition coefficient (Wildman–Crippen LogP) is 15.4. The Morgan fingerprint density at radius 2 is 0.897 bits per heavy atom. The van der Waals surface area contributed by atoms with E-state index < -0.39 is 0 Å². The van der Waals surface area contributed by atoms with Crippen LogP contribution < -0.4 is 4.90 Å². The maximum atomic E-state index is 2.53. The van der Waals surface area contributed by atoms with Gasteiger partial charge in [0.25, 0.3) is 0 Å². The fourth-order valence-electron chi connectivity index (χ4n) is 10.1. The summed E-state index contributed by atoms with van der Waals surface area (Å²) in [6, 6.07) is 70.3. The van der Waals surface area contributed by atoms with Gasteiger partial charge >= 0.3 is 0 Å². The van der Waals surface area contributed by atoms with Gasteiger partial charge in [-0.25, -0.2) is 0 Å². The van der Waals surface area contributed by atoms with E-state index in [4.69, 9.17) is 0 Å². The van der Waals surface area contributed by atoms with E-state index in [0.29, 0.717) is 0 Å². The quantitative estimate of drug-likeness (QED) is 0.164. The number of hydrogen-bond acceptors (Lipinski definition) is 1. The Morgan fingerprint density at radius 1 is 0.397 bits per heavy atom. The average Bonchev–Trinajstić information content (AvgIpc) is 3.65. The second-order valence-electron chi connectivity index (χ2n) is 17.9. The molecule has 8 aromatic rings. The number of hydrogen-bond donors (Lipinski definition) is 0. The van der Waals surface area contributed by atoms with Gasteiger partial charge in [0.05, 0.1) is 11.4 Å². The van der Waals surface area contributed by atoms with Crippen molar-refractivity contribution >= 4 is 17.1 Å². The van der Waals surface area contributed by atoms with E-state index in [1.54, 1.807) is 0 Å². The number of anilines is 3. The molecule has 1 atom stereocenters. The number of para-hydroxylation sites is 2. The van der Waals surface area contributed by atoms with Crippen LogP contribution in [0.1, 0.15) is 74.9 Å². The molecule has 0 saturated carbocycles. The Balaban J connectivity index is 1.24. The van der Waals surface area contributed by atoms with Gasteiger partial charge in [0.2, 0.25) is 0 Å². The lowest BCUT2D eigenvalue weighted by Gasteiger charge is -2.33. The molecular weight excluding hydrogens is 699 g/mol. The molecule has 0 spiro atoms. The molecule has 0 heterocycles. The molecule has 2 aliphatic carbocycles. The van der Waals surface area contributed by atoms with Crippen LogP contribution in [0.4, 0.5) is 17.1 Å². The summed E-state index contributed by atoms with van der Waals surface area (Å²) in [4.78, 5) is 2.53. The predicted molar refractivity (Wildman–Crippen MR) is 246 cm³/mol. The van der Waals surface area contributed by atoms with Crippen molar-refractivity contribution in [3.05, 3.63) is 221 Å². The fraction of sp³-hybridized carbons (Fsp3) is 0.158. The Kier molecular flexibility index (Phi) is 8.25. The molecule has 58 heavy (non-hydrogen) atoms. The van der Waals surface area contributed by atoms with E-state index in [1.807, 2.05) is 0 Å². The molecule has 1 unspecified atom stereocenters. The minimum absolute atomic E-state index is 0.0692. The van der Waals surface area contributed by atoms with Crippen LogP contribution in [0.3, 0.4) is 0 Å². The van der Waals surface area contributed by atoms with Gasteiger partial charge in [-0.2, -0.15) is 0 Å². The molecule has 0 fully saturated rings. The zero-order valence-corrected chi connectivity index (χ0v) is 34.3. The lowest BCUT2D eigenvalue weighted by atomic mass is 9.74. The van der Waals surface area contributed by atoms with Crippen molar-refractivity contribution in [1.82, 2.24) is 0 Å². The van der Waals surface area contributed by atoms with Crippen LogP contribution in [-0.2, 0) is 16.2 Å². The highest BCUT2D eigenvalue weighted by Gasteiger charge is 2.42. The minimum Gasteiger partial charge on any atom is -0.309 e. The van der Waals surface area contributed by atoms with Crippen molar-refractivity contribution in [2.24, 2.45) is 0 Å². The third kappa shape index (κ3) is 5.44. The first-order chi connectivity index (χ1) is 28.1. The molecule has 2 aliphatic rings. The largest absolute Gasteiger partial charge is 0.309 e. The normalized spacial score (nSPS) is 16.0. The van der Waals surface area contributed by atoms with Crippen LogP contribution in [-0.4, -0.2) is 0 Å². The van der Waals surface area contributed by atoms with Gasteiger partial charge in [0.15, 0.2) is 0 Å². The van der Waals surface area contributed by atoms with E-state index in [1.165, 1.54) is 77.9 Å². The number of nitrogens with zero attached hydrogens (tertiary/aromatic N) is 1. The maximum Gasteiger partial charge on any atom is 0.0540 e. The summed E-state index contributed by atoms with van der Waals surface area (Å²) in [5, 5.41) is 0. The first-order valence-electron chi connectivity index (χ1n) is 20.7. The van der Waals surface area contributed by atoms with Gasteiger partial charge in [0, 0.05) is 27.6 Å². The third-order valence-electron chi connectivity index (χ3n) is 13.1. The first-order valence-corrected chi connectivity index (χ1v) is 20.7. The molecule has 0 aliphatic heterocycles. The second-order valence-corrected chi connectivity index (χ2v) is 17.9. The minimum atomic E-state index is -0.327. The maximum absolute atomic E-state index is 2.53. The Labute approximate surface area is 344 Å². The van der Waals surface area contributed by atoms with Crippen LogP contribution in [0.5, 0.6) is 0 Å². The zero-order valence-electron chi connectivity index (χ0n) is 34.3. The molecule has 0 amide bonds. The molecule has 0 N–H and O–H groups in total. The smallest absolute Gasteiger partial charge is 0.0540 e. The summed E-state index contributed by atoms with van der Waals surface area (Å²) >= 11 is 0. The number of fused-ring (bicyclic) bond motifs is 6. The average molecular weight is 748 g/mol. The molecule has 282 valence electrons. The molecular formula is C57H49N. The Morgan fingerprint density at radius 3 is 1.57 bits per heavy atom. The van der Waals surface area contributed by atoms with Gasteiger partial charge in [-0.15, -0.1) is 0 Å². The summed E-state index contributed by atoms with van der Waals surface area (Å²) < 4.78 is 0. The van der Waals surface area contributed by atoms with Crippen LogP contribution in [0.15, 0.2) is 188 Å². The molecule has 0 bridgehead atoms. The van der Waals surface area contributed by atoms with E-state index >= 15 is 0 Å². The summed E-state index contributed by atoms with van der Waals surface area (Å²) in [5.41, 5.74) is 21.2. The van der Waals surface area contributed by atoms with Crippen molar-refractivity contribution in [1.29, 1.82) is 0 Å². The molecule has 10 rings (SSSR count). The molecule has 0 radical (unpaired) electrons. The molecule has 1 heteroatoms. The SMILES string of the molecule is CC(C)(C)c1ccc(-c2ccccc2N(c2ccc3c(c2)C(C)(c2ccccc2)c2ccccc2-3)c2ccccc2-c2cccc3c2C(C)(C)c2ccccc2-3)cc1. The highest BCUT2D eigenvalue weighted by molar-refractivity contribution is 5.98. The summed E-state index contributed by atoms with van der Waals surface area (Å²) in [5.74, 6) is 0. The van der Waals surface area contributed by atoms with Gasteiger partial charge < -0.3 is 4.90 Å². The summed E-state index contributed by atoms with van der Waals surface area (Å²) in [6.45, 7) is 14.0. The Bertz CT molecular complexity index is 2850. The number of benzene rings is 8. The van der Waals surface area contributed by atoms with Crippen LogP contribution in [0, 0.1) is 0 Å². The molecule has 0 saturated heterocycles. The first kappa shape index (κ1) is 35.9. The van der Waals surface area contributed by atoms with E-state index in [0.717, 1.165) is 17.1 Å². The van der Waals surface area contributed by atoms with Crippen LogP contribution in [0.2, 0.25) is 0 Å². The van der Waals surface area contributed by atoms with Crippen molar-refractivity contribution in [3.8, 4) is 44.5 Å². The Hall–Kier alpha value is -6.44. The lowest BCUT2D eigenvalue weighted by Crippen LogP contribution is -2.23. The monoisotopic (exact) mass is 747 g/mol. The number of rotatable bonds is 6. The molecule has 1 nitrogen and oxygen atoms in total. The highest BCUT2D eigenvalue weighted by atomic mass is 15.1. The summed E-state index contributed by atoms with van der Waals surface area (Å²) in [7, 11) is 0. The van der Waals surface area contributed by atoms with Crippen molar-refractivity contribution in [2.45, 2.75) is 57.8 Å². The van der Waals surface area contributed by atoms with E-state index in [9.17, 15) is 0 Å². The van der Waals surface area contributed by atoms with Gasteiger partial charge in [0.1, 0.15) is 0 Å². The van der Waals surface area contributed by atoms with Crippen LogP contribution in [0.25, 0.3) is 44.5 Å². The van der Waals surface area contributed by atoms with Gasteiger partial charge in [-0.1, -0.05) is 198 Å². The van der Waals surface area contributed by atoms with Gasteiger partial charge in [-0.3, -0.25) is 0 Å². The van der Waals surface area contributed by atoms with Gasteiger partial charge in [-0.05, 0) is 103 Å². The second kappa shape index (κ2) is 13.3. The topological polar surface area (TPSA) is 3.24 Å². The zero-order chi connectivity index (χ0) is 39.8. The highest BCUT2D eigenvalue weighted by Crippen LogP contribution is 2.56. The third-order valence-corrected chi connectivity index (χ3v) is 13.1. The van der Waals surface area contributed by atoms with Crippen molar-refractivity contribution in [3.63, 3.8) is 0 Å². The fourth-order valence-corrected chi connectivity index (χ4v) is 10.1. The standard InChI is InChI=1S/C57H49N/c1-55(2,3)39-33-31-38(32-34-39)42-21-12-16-29-52(42)58(41-35-36-45-43-22-11-15-28-50(43)57(6,51(45)37-41)40-19-8-7-9-20-40)53-30-17-13-24-46(53)48-26-18-25-47-44-23-10-14-27-49(44)56(4,5)54(47)48/h7-37H,1-6H3. The summed E-state index contributed by atoms with van der Waals surface area (Å²) in [6.07, 6.45) is 0. The van der Waals surface area contributed by atoms with Crippen LogP contribution >= 0.6 is 0 Å². The lowest BCUT2D eigenvalue weighted by molar-refractivity contribution is 0.590. The van der Waals surface area contributed by atoms with Crippen molar-refractivity contribution in [2.75, 3.05) is 4.90 Å². The molecule has 8 aromatic carbocycles. The molecule has 0 aromatic heterocycles. The van der Waals surface area contributed by atoms with E-state index in [2.05, 4.69) is 234 Å². The van der Waals surface area contributed by atoms with Crippen molar-refractivity contribution < 1.29 is 0 Å².